The summed E-state index contributed by atoms with van der Waals surface area (Å²) in [4.78, 5) is 14.2. The van der Waals surface area contributed by atoms with E-state index in [1.807, 2.05) is 6.92 Å². The molecule has 0 aromatic rings. The molecule has 1 aliphatic heterocycles. The molecular weight excluding hydrogens is 212 g/mol. The van der Waals surface area contributed by atoms with Gasteiger partial charge in [0.25, 0.3) is 0 Å². The van der Waals surface area contributed by atoms with E-state index in [2.05, 4.69) is 24.1 Å². The van der Waals surface area contributed by atoms with Gasteiger partial charge in [-0.2, -0.15) is 0 Å². The van der Waals surface area contributed by atoms with Gasteiger partial charge >= 0.3 is 0 Å². The summed E-state index contributed by atoms with van der Waals surface area (Å²) in [5.41, 5.74) is 0.354. The van der Waals surface area contributed by atoms with E-state index in [1.165, 1.54) is 32.1 Å². The van der Waals surface area contributed by atoms with Crippen LogP contribution in [-0.4, -0.2) is 29.6 Å². The molecule has 3 nitrogen and oxygen atoms in total. The lowest BCUT2D eigenvalue weighted by Crippen LogP contribution is -2.44. The molecule has 1 amide bonds. The minimum Gasteiger partial charge on any atom is -0.325 e. The molecule has 1 heterocycles. The fourth-order valence-corrected chi connectivity index (χ4v) is 3.35. The van der Waals surface area contributed by atoms with Gasteiger partial charge in [-0.05, 0) is 31.6 Å². The Morgan fingerprint density at radius 2 is 2.00 bits per heavy atom. The van der Waals surface area contributed by atoms with Gasteiger partial charge in [-0.25, -0.2) is 0 Å². The average molecular weight is 238 g/mol. The zero-order chi connectivity index (χ0) is 12.5. The molecule has 1 saturated carbocycles. The highest BCUT2D eigenvalue weighted by Gasteiger charge is 2.39. The zero-order valence-corrected chi connectivity index (χ0v) is 11.5. The van der Waals surface area contributed by atoms with E-state index in [4.69, 9.17) is 0 Å². The third-order valence-electron chi connectivity index (χ3n) is 4.47. The van der Waals surface area contributed by atoms with Crippen LogP contribution >= 0.6 is 0 Å². The number of carbonyl (C=O) groups is 1. The molecule has 2 rings (SSSR count). The Labute approximate surface area is 105 Å². The smallest absolute Gasteiger partial charge is 0.240 e. The van der Waals surface area contributed by atoms with Gasteiger partial charge in [0, 0.05) is 6.54 Å². The highest BCUT2D eigenvalue weighted by molar-refractivity contribution is 5.83. The van der Waals surface area contributed by atoms with Crippen LogP contribution in [0.3, 0.4) is 0 Å². The molecule has 2 fully saturated rings. The number of hydrogen-bond donors (Lipinski definition) is 1. The van der Waals surface area contributed by atoms with Crippen molar-refractivity contribution >= 4 is 5.91 Å². The maximum absolute atomic E-state index is 12.2. The number of carbonyl (C=O) groups excluding carboxylic acids is 1. The molecule has 1 aliphatic carbocycles. The summed E-state index contributed by atoms with van der Waals surface area (Å²) in [7, 11) is 0. The van der Waals surface area contributed by atoms with Crippen LogP contribution in [0.15, 0.2) is 0 Å². The summed E-state index contributed by atoms with van der Waals surface area (Å²) in [5.74, 6) is 0.295. The van der Waals surface area contributed by atoms with E-state index in [9.17, 15) is 4.79 Å². The Balaban J connectivity index is 2.03. The number of nitrogens with one attached hydrogen (secondary N) is 1. The molecule has 98 valence electrons. The number of nitrogens with zero attached hydrogens (tertiary/aromatic N) is 1. The van der Waals surface area contributed by atoms with Gasteiger partial charge in [0.05, 0.1) is 12.2 Å². The van der Waals surface area contributed by atoms with Crippen LogP contribution in [0, 0.1) is 5.41 Å². The summed E-state index contributed by atoms with van der Waals surface area (Å²) in [6.07, 6.45) is 7.86. The molecule has 2 aliphatic rings. The lowest BCUT2D eigenvalue weighted by atomic mass is 9.75. The molecule has 2 unspecified atom stereocenters. The standard InChI is InChI=1S/C14H26N2O/c1-4-12-15-11(2)13(17)16(12)10-14(3)8-6-5-7-9-14/h11-12,15H,4-10H2,1-3H3. The number of rotatable bonds is 3. The van der Waals surface area contributed by atoms with Gasteiger partial charge in [-0.1, -0.05) is 33.1 Å². The van der Waals surface area contributed by atoms with Gasteiger partial charge in [-0.3, -0.25) is 10.1 Å². The van der Waals surface area contributed by atoms with E-state index < -0.39 is 0 Å². The Morgan fingerprint density at radius 3 is 2.59 bits per heavy atom. The molecule has 0 aromatic heterocycles. The van der Waals surface area contributed by atoms with Crippen molar-refractivity contribution in [3.05, 3.63) is 0 Å². The molecule has 1 N–H and O–H groups in total. The second-order valence-corrected chi connectivity index (χ2v) is 6.15. The van der Waals surface area contributed by atoms with Gasteiger partial charge in [-0.15, -0.1) is 0 Å². The van der Waals surface area contributed by atoms with Crippen molar-refractivity contribution < 1.29 is 4.79 Å². The zero-order valence-electron chi connectivity index (χ0n) is 11.5. The van der Waals surface area contributed by atoms with Crippen LogP contribution in [0.5, 0.6) is 0 Å². The quantitative estimate of drug-likeness (QED) is 0.819. The van der Waals surface area contributed by atoms with Crippen molar-refractivity contribution in [3.63, 3.8) is 0 Å². The number of hydrogen-bond acceptors (Lipinski definition) is 2. The van der Waals surface area contributed by atoms with Crippen molar-refractivity contribution in [2.24, 2.45) is 5.41 Å². The third kappa shape index (κ3) is 2.65. The van der Waals surface area contributed by atoms with E-state index >= 15 is 0 Å². The van der Waals surface area contributed by atoms with Crippen molar-refractivity contribution in [3.8, 4) is 0 Å². The summed E-state index contributed by atoms with van der Waals surface area (Å²) >= 11 is 0. The lowest BCUT2D eigenvalue weighted by molar-refractivity contribution is -0.131. The average Bonchev–Trinajstić information content (AvgIpc) is 2.57. The molecular formula is C14H26N2O. The van der Waals surface area contributed by atoms with Gasteiger partial charge < -0.3 is 4.90 Å². The summed E-state index contributed by atoms with van der Waals surface area (Å²) in [6.45, 7) is 7.43. The molecule has 17 heavy (non-hydrogen) atoms. The molecule has 0 radical (unpaired) electrons. The Kier molecular flexibility index (Phi) is 3.76. The second kappa shape index (κ2) is 4.97. The maximum Gasteiger partial charge on any atom is 0.240 e. The van der Waals surface area contributed by atoms with Crippen molar-refractivity contribution in [2.45, 2.75) is 71.5 Å². The van der Waals surface area contributed by atoms with Gasteiger partial charge in [0.15, 0.2) is 0 Å². The van der Waals surface area contributed by atoms with Gasteiger partial charge in [0.1, 0.15) is 0 Å². The molecule has 1 saturated heterocycles. The van der Waals surface area contributed by atoms with E-state index in [0.29, 0.717) is 11.3 Å². The fourth-order valence-electron chi connectivity index (χ4n) is 3.35. The van der Waals surface area contributed by atoms with Crippen molar-refractivity contribution in [1.29, 1.82) is 0 Å². The monoisotopic (exact) mass is 238 g/mol. The van der Waals surface area contributed by atoms with Crippen molar-refractivity contribution in [2.75, 3.05) is 6.54 Å². The van der Waals surface area contributed by atoms with Crippen LogP contribution < -0.4 is 5.32 Å². The highest BCUT2D eigenvalue weighted by atomic mass is 16.2. The summed E-state index contributed by atoms with van der Waals surface area (Å²) < 4.78 is 0. The van der Waals surface area contributed by atoms with Crippen LogP contribution in [0.4, 0.5) is 0 Å². The minimum atomic E-state index is 0.00661. The predicted octanol–water partition coefficient (Wildman–Crippen LogP) is 2.51. The normalized spacial score (nSPS) is 33.1. The predicted molar refractivity (Wildman–Crippen MR) is 69.6 cm³/mol. The van der Waals surface area contributed by atoms with E-state index in [0.717, 1.165) is 13.0 Å². The lowest BCUT2D eigenvalue weighted by Gasteiger charge is -2.38. The number of amides is 1. The first kappa shape index (κ1) is 12.9. The molecule has 3 heteroatoms. The summed E-state index contributed by atoms with van der Waals surface area (Å²) in [5, 5.41) is 3.39. The third-order valence-corrected chi connectivity index (χ3v) is 4.47. The van der Waals surface area contributed by atoms with Crippen LogP contribution in [0.25, 0.3) is 0 Å². The summed E-state index contributed by atoms with van der Waals surface area (Å²) in [6, 6.07) is 0.00661. The molecule has 0 spiro atoms. The molecule has 2 atom stereocenters. The first-order valence-corrected chi connectivity index (χ1v) is 7.12. The molecule has 0 aromatic carbocycles. The molecule has 0 bridgehead atoms. The second-order valence-electron chi connectivity index (χ2n) is 6.15. The fraction of sp³-hybridized carbons (Fsp3) is 0.929. The van der Waals surface area contributed by atoms with Crippen LogP contribution in [0.2, 0.25) is 0 Å². The maximum atomic E-state index is 12.2. The van der Waals surface area contributed by atoms with E-state index in [1.54, 1.807) is 0 Å². The minimum absolute atomic E-state index is 0.00661. The highest BCUT2D eigenvalue weighted by Crippen LogP contribution is 2.37. The van der Waals surface area contributed by atoms with Crippen LogP contribution in [-0.2, 0) is 4.79 Å². The Bertz CT molecular complexity index is 284. The van der Waals surface area contributed by atoms with E-state index in [-0.39, 0.29) is 12.2 Å². The largest absolute Gasteiger partial charge is 0.325 e. The SMILES string of the molecule is CCC1NC(C)C(=O)N1CC1(C)CCCCC1. The Hall–Kier alpha value is -0.570. The van der Waals surface area contributed by atoms with Crippen molar-refractivity contribution in [1.82, 2.24) is 10.2 Å². The first-order valence-electron chi connectivity index (χ1n) is 7.12. The van der Waals surface area contributed by atoms with Crippen LogP contribution in [0.1, 0.15) is 59.3 Å². The first-order chi connectivity index (χ1) is 8.06. The topological polar surface area (TPSA) is 32.3 Å². The van der Waals surface area contributed by atoms with Gasteiger partial charge in [0.2, 0.25) is 5.91 Å². The Morgan fingerprint density at radius 1 is 1.35 bits per heavy atom.